The van der Waals surface area contributed by atoms with Gasteiger partial charge in [0.2, 0.25) is 17.7 Å². The van der Waals surface area contributed by atoms with Crippen LogP contribution in [0.2, 0.25) is 0 Å². The second kappa shape index (κ2) is 13.8. The molecule has 0 aliphatic carbocycles. The first kappa shape index (κ1) is 30.9. The van der Waals surface area contributed by atoms with Crippen LogP contribution in [0.1, 0.15) is 0 Å². The number of carbonyl (C=O) groups is 1. The summed E-state index contributed by atoms with van der Waals surface area (Å²) in [5.74, 6) is 0.894. The van der Waals surface area contributed by atoms with Crippen LogP contribution in [0.15, 0.2) is 91.6 Å². The third-order valence-corrected chi connectivity index (χ3v) is 6.95. The molecule has 0 radical (unpaired) electrons. The topological polar surface area (TPSA) is 105 Å². The molecule has 0 fully saturated rings. The summed E-state index contributed by atoms with van der Waals surface area (Å²) in [5, 5.41) is 6.16. The van der Waals surface area contributed by atoms with Gasteiger partial charge in [0, 0.05) is 37.8 Å². The van der Waals surface area contributed by atoms with Gasteiger partial charge in [0.1, 0.15) is 28.3 Å². The lowest BCUT2D eigenvalue weighted by atomic mass is 10.1. The van der Waals surface area contributed by atoms with E-state index in [0.717, 1.165) is 29.9 Å². The molecular formula is C34H34FN7O3. The van der Waals surface area contributed by atoms with Crippen molar-refractivity contribution < 1.29 is 18.7 Å². The van der Waals surface area contributed by atoms with Gasteiger partial charge < -0.3 is 29.9 Å². The van der Waals surface area contributed by atoms with Crippen LogP contribution in [-0.4, -0.2) is 67.1 Å². The van der Waals surface area contributed by atoms with Gasteiger partial charge in [-0.05, 0) is 56.1 Å². The van der Waals surface area contributed by atoms with Crippen LogP contribution in [0.3, 0.4) is 0 Å². The Morgan fingerprint density at radius 1 is 0.978 bits per heavy atom. The number of fused-ring (bicyclic) bond motifs is 1. The third-order valence-electron chi connectivity index (χ3n) is 6.95. The van der Waals surface area contributed by atoms with E-state index in [-0.39, 0.29) is 11.7 Å². The predicted octanol–water partition coefficient (Wildman–Crippen LogP) is 6.50. The first-order valence-corrected chi connectivity index (χ1v) is 14.2. The summed E-state index contributed by atoms with van der Waals surface area (Å²) in [6, 6.07) is 20.9. The smallest absolute Gasteiger partial charge is 0.247 e. The number of pyridine rings is 1. The highest BCUT2D eigenvalue weighted by molar-refractivity contribution is 6.02. The molecule has 11 heteroatoms. The predicted molar refractivity (Wildman–Crippen MR) is 176 cm³/mol. The number of hydrogen-bond acceptors (Lipinski definition) is 9. The number of hydrogen-bond donors (Lipinski definition) is 2. The fraction of sp³-hybridized carbons (Fsp3) is 0.176. The summed E-state index contributed by atoms with van der Waals surface area (Å²) in [4.78, 5) is 30.5. The first-order chi connectivity index (χ1) is 21.7. The highest BCUT2D eigenvalue weighted by atomic mass is 19.1. The molecule has 3 aromatic carbocycles. The molecule has 0 saturated heterocycles. The van der Waals surface area contributed by atoms with Crippen molar-refractivity contribution >= 4 is 40.0 Å². The van der Waals surface area contributed by atoms with Crippen molar-refractivity contribution in [1.82, 2.24) is 19.9 Å². The van der Waals surface area contributed by atoms with Crippen molar-refractivity contribution in [3.8, 4) is 28.5 Å². The van der Waals surface area contributed by atoms with Crippen LogP contribution in [0.4, 0.5) is 27.4 Å². The molecule has 45 heavy (non-hydrogen) atoms. The van der Waals surface area contributed by atoms with Gasteiger partial charge in [-0.15, -0.1) is 0 Å². The van der Waals surface area contributed by atoms with Crippen molar-refractivity contribution in [2.24, 2.45) is 0 Å². The van der Waals surface area contributed by atoms with Crippen LogP contribution in [-0.2, 0) is 4.79 Å². The van der Waals surface area contributed by atoms with Crippen molar-refractivity contribution in [3.05, 3.63) is 97.5 Å². The molecule has 1 amide bonds. The molecule has 5 rings (SSSR count). The van der Waals surface area contributed by atoms with E-state index >= 15 is 0 Å². The summed E-state index contributed by atoms with van der Waals surface area (Å²) in [7, 11) is 7.54. The number of nitrogens with one attached hydrogen (secondary N) is 2. The number of carbonyl (C=O) groups excluding carboxylic acids is 1. The maximum atomic E-state index is 13.4. The normalized spacial score (nSPS) is 10.9. The fourth-order valence-electron chi connectivity index (χ4n) is 4.60. The largest absolute Gasteiger partial charge is 0.494 e. The number of anilines is 4. The van der Waals surface area contributed by atoms with Gasteiger partial charge in [-0.1, -0.05) is 36.9 Å². The lowest BCUT2D eigenvalue weighted by molar-refractivity contribution is -0.111. The minimum absolute atomic E-state index is 0.293. The van der Waals surface area contributed by atoms with Crippen LogP contribution in [0, 0.1) is 5.82 Å². The summed E-state index contributed by atoms with van der Waals surface area (Å²) < 4.78 is 25.1. The van der Waals surface area contributed by atoms with Crippen molar-refractivity contribution in [1.29, 1.82) is 0 Å². The molecule has 0 aliphatic heterocycles. The molecule has 0 bridgehead atoms. The summed E-state index contributed by atoms with van der Waals surface area (Å²) in [6.07, 6.45) is 2.82. The summed E-state index contributed by atoms with van der Waals surface area (Å²) in [5.41, 5.74) is 4.65. The molecule has 0 unspecified atom stereocenters. The number of rotatable bonds is 12. The van der Waals surface area contributed by atoms with Gasteiger partial charge in [0.05, 0.1) is 30.4 Å². The van der Waals surface area contributed by atoms with Crippen molar-refractivity contribution in [2.75, 3.05) is 56.9 Å². The zero-order chi connectivity index (χ0) is 31.9. The number of halogens is 1. The van der Waals surface area contributed by atoms with Crippen molar-refractivity contribution in [2.45, 2.75) is 0 Å². The van der Waals surface area contributed by atoms with Gasteiger partial charge in [0.25, 0.3) is 0 Å². The van der Waals surface area contributed by atoms with E-state index in [0.29, 0.717) is 45.7 Å². The molecule has 2 heterocycles. The molecule has 10 nitrogen and oxygen atoms in total. The average Bonchev–Trinajstić information content (AvgIpc) is 3.05. The van der Waals surface area contributed by atoms with E-state index in [4.69, 9.17) is 14.5 Å². The Kier molecular flexibility index (Phi) is 9.49. The fourth-order valence-corrected chi connectivity index (χ4v) is 4.60. The van der Waals surface area contributed by atoms with Gasteiger partial charge >= 0.3 is 0 Å². The molecule has 5 aromatic rings. The number of methoxy groups -OCH3 is 1. The van der Waals surface area contributed by atoms with Gasteiger partial charge in [0.15, 0.2) is 0 Å². The van der Waals surface area contributed by atoms with Crippen LogP contribution in [0.25, 0.3) is 22.2 Å². The molecule has 0 aliphatic rings. The molecule has 0 spiro atoms. The van der Waals surface area contributed by atoms with Gasteiger partial charge in [-0.3, -0.25) is 4.79 Å². The number of benzene rings is 3. The minimum Gasteiger partial charge on any atom is -0.494 e. The summed E-state index contributed by atoms with van der Waals surface area (Å²) >= 11 is 0. The number of nitrogens with zero attached hydrogens (tertiary/aromatic N) is 5. The molecule has 2 aromatic heterocycles. The molecule has 0 saturated carbocycles. The monoisotopic (exact) mass is 607 g/mol. The number of aromatic nitrogens is 3. The zero-order valence-electron chi connectivity index (χ0n) is 25.5. The lowest BCUT2D eigenvalue weighted by Crippen LogP contribution is -2.29. The summed E-state index contributed by atoms with van der Waals surface area (Å²) in [6.45, 7) is 5.12. The maximum Gasteiger partial charge on any atom is 0.247 e. The van der Waals surface area contributed by atoms with E-state index in [1.54, 1.807) is 25.4 Å². The SMILES string of the molecule is C=CC(=O)Nc1cc(Nc2ncc3nc(Oc4ccc(F)cc4)cc(-c4ccccc4)c3n2)c(OC)cc1N(C)CCN(C)C. The van der Waals surface area contributed by atoms with Crippen molar-refractivity contribution in [3.63, 3.8) is 0 Å². The maximum absolute atomic E-state index is 13.4. The van der Waals surface area contributed by atoms with Crippen LogP contribution in [0.5, 0.6) is 17.4 Å². The Hall–Kier alpha value is -5.55. The Bertz CT molecular complexity index is 1820. The van der Waals surface area contributed by atoms with E-state index in [9.17, 15) is 9.18 Å². The molecule has 0 atom stereocenters. The standard InChI is InChI=1S/C34H34FN7O3/c1-6-31(43)37-26-19-27(30(44-5)20-29(26)42(4)17-16-41(2)3)39-34-36-21-28-33(40-34)25(22-10-8-7-9-11-22)18-32(38-28)45-24-14-12-23(35)13-15-24/h6-15,18-21H,1,16-17H2,2-5H3,(H,37,43)(H,36,39,40). The van der Waals surface area contributed by atoms with Gasteiger partial charge in [-0.25, -0.2) is 19.3 Å². The van der Waals surface area contributed by atoms with Gasteiger partial charge in [-0.2, -0.15) is 0 Å². The molecule has 2 N–H and O–H groups in total. The van der Waals surface area contributed by atoms with Crippen LogP contribution < -0.4 is 25.0 Å². The number of amides is 1. The van der Waals surface area contributed by atoms with E-state index in [1.807, 2.05) is 62.4 Å². The Morgan fingerprint density at radius 3 is 2.42 bits per heavy atom. The van der Waals surface area contributed by atoms with E-state index < -0.39 is 0 Å². The quantitative estimate of drug-likeness (QED) is 0.154. The molecule has 230 valence electrons. The second-order valence-electron chi connectivity index (χ2n) is 10.5. The zero-order valence-corrected chi connectivity index (χ0v) is 25.5. The number of ether oxygens (including phenoxy) is 2. The highest BCUT2D eigenvalue weighted by Gasteiger charge is 2.18. The molecular weight excluding hydrogens is 573 g/mol. The first-order valence-electron chi connectivity index (χ1n) is 14.2. The number of likely N-dealkylation sites (N-methyl/N-ethyl adjacent to an activating group) is 2. The minimum atomic E-state index is -0.356. The van der Waals surface area contributed by atoms with E-state index in [1.165, 1.54) is 30.3 Å². The Labute approximate surface area is 261 Å². The van der Waals surface area contributed by atoms with Crippen LogP contribution >= 0.6 is 0 Å². The van der Waals surface area contributed by atoms with E-state index in [2.05, 4.69) is 32.1 Å². The Balaban J connectivity index is 1.55. The Morgan fingerprint density at radius 2 is 1.73 bits per heavy atom. The highest BCUT2D eigenvalue weighted by Crippen LogP contribution is 2.38. The second-order valence-corrected chi connectivity index (χ2v) is 10.5. The average molecular weight is 608 g/mol. The lowest BCUT2D eigenvalue weighted by Gasteiger charge is -2.26. The third kappa shape index (κ3) is 7.51.